The molecule has 0 spiro atoms. The number of piperazine rings is 1. The van der Waals surface area contributed by atoms with Crippen molar-refractivity contribution >= 4 is 34.7 Å². The van der Waals surface area contributed by atoms with Crippen LogP contribution in [0.15, 0.2) is 48.1 Å². The first-order chi connectivity index (χ1) is 13.6. The maximum Gasteiger partial charge on any atom is 0.264 e. The molecule has 28 heavy (non-hydrogen) atoms. The molecule has 144 valence electrons. The number of rotatable bonds is 4. The van der Waals surface area contributed by atoms with Crippen LogP contribution in [0.25, 0.3) is 0 Å². The van der Waals surface area contributed by atoms with Crippen molar-refractivity contribution in [2.75, 3.05) is 31.1 Å². The molecule has 2 aromatic heterocycles. The second-order valence-electron chi connectivity index (χ2n) is 6.15. The van der Waals surface area contributed by atoms with Gasteiger partial charge in [0.05, 0.1) is 9.90 Å². The lowest BCUT2D eigenvalue weighted by molar-refractivity contribution is 0.0751. The number of benzene rings is 1. The minimum absolute atomic E-state index is 0.0155. The molecule has 0 unspecified atom stereocenters. The van der Waals surface area contributed by atoms with Gasteiger partial charge in [0.1, 0.15) is 23.7 Å². The molecular formula is C19H16ClFN4O2S. The molecule has 3 aromatic rings. The van der Waals surface area contributed by atoms with Crippen LogP contribution in [-0.2, 0) is 0 Å². The second-order valence-corrected chi connectivity index (χ2v) is 7.50. The maximum absolute atomic E-state index is 13.3. The Morgan fingerprint density at radius 3 is 2.68 bits per heavy atom. The molecule has 0 atom stereocenters. The monoisotopic (exact) mass is 418 g/mol. The van der Waals surface area contributed by atoms with E-state index in [4.69, 9.17) is 16.3 Å². The highest BCUT2D eigenvalue weighted by Gasteiger charge is 2.23. The number of anilines is 1. The number of carbonyl (C=O) groups excluding carboxylic acids is 1. The second kappa shape index (κ2) is 8.12. The van der Waals surface area contributed by atoms with Gasteiger partial charge < -0.3 is 14.5 Å². The summed E-state index contributed by atoms with van der Waals surface area (Å²) >= 11 is 7.23. The van der Waals surface area contributed by atoms with Crippen molar-refractivity contribution < 1.29 is 13.9 Å². The van der Waals surface area contributed by atoms with Gasteiger partial charge in [-0.2, -0.15) is 0 Å². The molecule has 9 heteroatoms. The maximum atomic E-state index is 13.3. The quantitative estimate of drug-likeness (QED) is 0.638. The average molecular weight is 419 g/mol. The largest absolute Gasteiger partial charge is 0.439 e. The van der Waals surface area contributed by atoms with E-state index in [0.717, 1.165) is 4.88 Å². The lowest BCUT2D eigenvalue weighted by Crippen LogP contribution is -2.48. The Kier molecular flexibility index (Phi) is 5.40. The van der Waals surface area contributed by atoms with Crippen LogP contribution in [0.3, 0.4) is 0 Å². The van der Waals surface area contributed by atoms with Gasteiger partial charge in [-0.05, 0) is 23.6 Å². The molecule has 0 N–H and O–H groups in total. The van der Waals surface area contributed by atoms with Crippen molar-refractivity contribution in [2.24, 2.45) is 0 Å². The third-order valence-corrected chi connectivity index (χ3v) is 5.51. The third kappa shape index (κ3) is 4.07. The van der Waals surface area contributed by atoms with Crippen molar-refractivity contribution in [3.63, 3.8) is 0 Å². The van der Waals surface area contributed by atoms with Crippen LogP contribution in [0, 0.1) is 5.82 Å². The third-order valence-electron chi connectivity index (χ3n) is 4.36. The van der Waals surface area contributed by atoms with E-state index >= 15 is 0 Å². The molecule has 3 heterocycles. The Hall–Kier alpha value is -2.71. The van der Waals surface area contributed by atoms with Crippen LogP contribution >= 0.6 is 22.9 Å². The molecule has 0 bridgehead atoms. The molecular weight excluding hydrogens is 403 g/mol. The molecule has 0 aliphatic carbocycles. The number of thiophene rings is 1. The summed E-state index contributed by atoms with van der Waals surface area (Å²) in [4.78, 5) is 25.5. The van der Waals surface area contributed by atoms with Crippen LogP contribution in [0.2, 0.25) is 5.02 Å². The first-order valence-corrected chi connectivity index (χ1v) is 9.88. The summed E-state index contributed by atoms with van der Waals surface area (Å²) in [6.07, 6.45) is 1.42. The van der Waals surface area contributed by atoms with Crippen LogP contribution in [-0.4, -0.2) is 47.0 Å². The van der Waals surface area contributed by atoms with Gasteiger partial charge in [-0.3, -0.25) is 4.79 Å². The summed E-state index contributed by atoms with van der Waals surface area (Å²) in [5, 5.41) is 1.89. The zero-order chi connectivity index (χ0) is 19.5. The van der Waals surface area contributed by atoms with Crippen molar-refractivity contribution in [3.8, 4) is 11.6 Å². The molecule has 0 radical (unpaired) electrons. The predicted molar refractivity (Wildman–Crippen MR) is 106 cm³/mol. The van der Waals surface area contributed by atoms with Gasteiger partial charge >= 0.3 is 0 Å². The fourth-order valence-corrected chi connectivity index (χ4v) is 3.78. The fraction of sp³-hybridized carbons (Fsp3) is 0.211. The summed E-state index contributed by atoms with van der Waals surface area (Å²) in [5.41, 5.74) is 0. The topological polar surface area (TPSA) is 58.6 Å². The number of hydrogen-bond donors (Lipinski definition) is 0. The summed E-state index contributed by atoms with van der Waals surface area (Å²) in [6, 6.07) is 9.56. The Morgan fingerprint density at radius 2 is 1.96 bits per heavy atom. The number of ether oxygens (including phenoxy) is 1. The van der Waals surface area contributed by atoms with E-state index in [1.54, 1.807) is 6.07 Å². The minimum atomic E-state index is -0.507. The number of nitrogens with zero attached hydrogens (tertiary/aromatic N) is 4. The van der Waals surface area contributed by atoms with E-state index in [2.05, 4.69) is 14.9 Å². The van der Waals surface area contributed by atoms with Gasteiger partial charge in [-0.25, -0.2) is 14.4 Å². The molecule has 1 fully saturated rings. The van der Waals surface area contributed by atoms with Crippen LogP contribution in [0.5, 0.6) is 11.6 Å². The van der Waals surface area contributed by atoms with E-state index in [9.17, 15) is 9.18 Å². The summed E-state index contributed by atoms with van der Waals surface area (Å²) in [6.45, 7) is 2.56. The van der Waals surface area contributed by atoms with Crippen LogP contribution in [0.1, 0.15) is 9.67 Å². The zero-order valence-electron chi connectivity index (χ0n) is 14.7. The molecule has 1 amide bonds. The zero-order valence-corrected chi connectivity index (χ0v) is 16.3. The Balaban J connectivity index is 1.41. The van der Waals surface area contributed by atoms with E-state index in [0.29, 0.717) is 43.6 Å². The molecule has 4 rings (SSSR count). The predicted octanol–water partition coefficient (Wildman–Crippen LogP) is 4.09. The Morgan fingerprint density at radius 1 is 1.14 bits per heavy atom. The number of aromatic nitrogens is 2. The van der Waals surface area contributed by atoms with Gasteiger partial charge in [0.15, 0.2) is 0 Å². The number of amides is 1. The Labute approximate surface area is 170 Å². The van der Waals surface area contributed by atoms with Gasteiger partial charge in [-0.1, -0.05) is 17.7 Å². The van der Waals surface area contributed by atoms with E-state index in [1.807, 2.05) is 22.4 Å². The minimum Gasteiger partial charge on any atom is -0.439 e. The molecule has 6 nitrogen and oxygen atoms in total. The lowest BCUT2D eigenvalue weighted by atomic mass is 10.3. The normalized spacial score (nSPS) is 14.2. The van der Waals surface area contributed by atoms with Gasteiger partial charge in [0, 0.05) is 38.3 Å². The summed E-state index contributed by atoms with van der Waals surface area (Å²) in [5.74, 6) is 0.996. The first kappa shape index (κ1) is 18.6. The number of hydrogen-bond acceptors (Lipinski definition) is 6. The summed E-state index contributed by atoms with van der Waals surface area (Å²) in [7, 11) is 0. The number of carbonyl (C=O) groups is 1. The van der Waals surface area contributed by atoms with Gasteiger partial charge in [0.2, 0.25) is 5.88 Å². The van der Waals surface area contributed by atoms with Gasteiger partial charge in [-0.15, -0.1) is 11.3 Å². The number of halogens is 2. The SMILES string of the molecule is O=C(c1cccs1)N1CCN(c2cc(Oc3ccc(F)c(Cl)c3)ncn2)CC1. The van der Waals surface area contributed by atoms with Crippen molar-refractivity contribution in [3.05, 3.63) is 63.8 Å². The first-order valence-electron chi connectivity index (χ1n) is 8.63. The molecule has 1 aromatic carbocycles. The highest BCUT2D eigenvalue weighted by molar-refractivity contribution is 7.12. The van der Waals surface area contributed by atoms with Crippen molar-refractivity contribution in [2.45, 2.75) is 0 Å². The average Bonchev–Trinajstić information content (AvgIpc) is 3.25. The van der Waals surface area contributed by atoms with Crippen LogP contribution in [0.4, 0.5) is 10.2 Å². The van der Waals surface area contributed by atoms with E-state index in [-0.39, 0.29) is 10.9 Å². The highest BCUT2D eigenvalue weighted by atomic mass is 35.5. The molecule has 0 saturated carbocycles. The van der Waals surface area contributed by atoms with E-state index in [1.165, 1.54) is 35.9 Å². The lowest BCUT2D eigenvalue weighted by Gasteiger charge is -2.35. The van der Waals surface area contributed by atoms with Crippen molar-refractivity contribution in [1.29, 1.82) is 0 Å². The van der Waals surface area contributed by atoms with E-state index < -0.39 is 5.82 Å². The van der Waals surface area contributed by atoms with Crippen LogP contribution < -0.4 is 9.64 Å². The summed E-state index contributed by atoms with van der Waals surface area (Å²) < 4.78 is 18.9. The van der Waals surface area contributed by atoms with Gasteiger partial charge in [0.25, 0.3) is 5.91 Å². The van der Waals surface area contributed by atoms with Crippen molar-refractivity contribution in [1.82, 2.24) is 14.9 Å². The highest BCUT2D eigenvalue weighted by Crippen LogP contribution is 2.26. The molecule has 1 aliphatic heterocycles. The molecule has 1 saturated heterocycles. The smallest absolute Gasteiger partial charge is 0.264 e. The fourth-order valence-electron chi connectivity index (χ4n) is 2.91. The standard InChI is InChI=1S/C19H16ClFN4O2S/c20-14-10-13(3-4-15(14)21)27-18-11-17(22-12-23-18)24-5-7-25(8-6-24)19(26)16-2-1-9-28-16/h1-4,9-12H,5-8H2. The Bertz CT molecular complexity index is 978. The molecule has 1 aliphatic rings.